The van der Waals surface area contributed by atoms with Crippen LogP contribution in [0, 0.1) is 5.41 Å². The second-order valence-corrected chi connectivity index (χ2v) is 5.60. The molecule has 1 unspecified atom stereocenters. The lowest BCUT2D eigenvalue weighted by Gasteiger charge is -2.24. The Morgan fingerprint density at radius 1 is 1.42 bits per heavy atom. The summed E-state index contributed by atoms with van der Waals surface area (Å²) in [5, 5.41) is 12.4. The van der Waals surface area contributed by atoms with Crippen LogP contribution in [0.2, 0.25) is 0 Å². The number of aliphatic hydroxyl groups excluding tert-OH is 1. The predicted molar refractivity (Wildman–Crippen MR) is 86.9 cm³/mol. The van der Waals surface area contributed by atoms with Gasteiger partial charge in [-0.05, 0) is 25.7 Å². The van der Waals surface area contributed by atoms with Crippen LogP contribution in [0.25, 0.3) is 0 Å². The molecule has 1 aliphatic heterocycles. The molecule has 19 heavy (non-hydrogen) atoms. The molecule has 1 aliphatic carbocycles. The molecule has 2 rings (SSSR count). The molecule has 1 saturated carbocycles. The van der Waals surface area contributed by atoms with Crippen molar-refractivity contribution in [2.24, 2.45) is 16.1 Å². The Morgan fingerprint density at radius 2 is 2.16 bits per heavy atom. The maximum absolute atomic E-state index is 9.14. The van der Waals surface area contributed by atoms with Gasteiger partial charge in [0.2, 0.25) is 0 Å². The molecular formula is C13H26IN3O2. The number of nitrogens with two attached hydrogens (primary N) is 1. The van der Waals surface area contributed by atoms with Gasteiger partial charge in [0.15, 0.2) is 5.96 Å². The van der Waals surface area contributed by atoms with Gasteiger partial charge in [0.05, 0.1) is 13.2 Å². The first-order chi connectivity index (χ1) is 8.74. The zero-order chi connectivity index (χ0) is 12.8. The zero-order valence-corrected chi connectivity index (χ0v) is 13.8. The quantitative estimate of drug-likeness (QED) is 0.379. The normalized spacial score (nSPS) is 28.4. The summed E-state index contributed by atoms with van der Waals surface area (Å²) in [6, 6.07) is 0.502. The molecule has 2 fully saturated rings. The Bertz CT molecular complexity index is 288. The molecule has 0 spiro atoms. The summed E-state index contributed by atoms with van der Waals surface area (Å²) in [5.41, 5.74) is 5.92. The standard InChI is InChI=1S/C13H25N3O2.HI/c14-12(16-11-3-1-2-4-11)15-9-13(5-7-17)6-8-18-10-13;/h11,17H,1-10H2,(H3,14,15,16);1H. The number of ether oxygens (including phenoxy) is 1. The number of hydrogen-bond donors (Lipinski definition) is 3. The van der Waals surface area contributed by atoms with E-state index in [0.29, 0.717) is 25.2 Å². The van der Waals surface area contributed by atoms with Crippen molar-refractivity contribution < 1.29 is 9.84 Å². The van der Waals surface area contributed by atoms with Crippen molar-refractivity contribution >= 4 is 29.9 Å². The number of nitrogens with one attached hydrogen (secondary N) is 1. The van der Waals surface area contributed by atoms with E-state index in [9.17, 15) is 0 Å². The first-order valence-corrected chi connectivity index (χ1v) is 6.99. The summed E-state index contributed by atoms with van der Waals surface area (Å²) in [7, 11) is 0. The van der Waals surface area contributed by atoms with Gasteiger partial charge in [-0.2, -0.15) is 0 Å². The second kappa shape index (κ2) is 8.26. The van der Waals surface area contributed by atoms with Crippen molar-refractivity contribution in [3.05, 3.63) is 0 Å². The molecule has 1 saturated heterocycles. The molecule has 6 heteroatoms. The van der Waals surface area contributed by atoms with Crippen LogP contribution < -0.4 is 11.1 Å². The van der Waals surface area contributed by atoms with Gasteiger partial charge in [0, 0.05) is 24.7 Å². The molecule has 0 aromatic heterocycles. The fourth-order valence-electron chi connectivity index (χ4n) is 2.87. The van der Waals surface area contributed by atoms with Gasteiger partial charge in [0.1, 0.15) is 0 Å². The number of nitrogens with zero attached hydrogens (tertiary/aromatic N) is 1. The van der Waals surface area contributed by atoms with Crippen molar-refractivity contribution in [1.29, 1.82) is 0 Å². The Labute approximate surface area is 132 Å². The Morgan fingerprint density at radius 3 is 2.74 bits per heavy atom. The number of aliphatic imine (C=N–C) groups is 1. The molecule has 0 aromatic carbocycles. The van der Waals surface area contributed by atoms with E-state index in [2.05, 4.69) is 10.3 Å². The van der Waals surface area contributed by atoms with E-state index >= 15 is 0 Å². The molecule has 0 amide bonds. The summed E-state index contributed by atoms with van der Waals surface area (Å²) in [4.78, 5) is 4.45. The lowest BCUT2D eigenvalue weighted by molar-refractivity contribution is 0.131. The van der Waals surface area contributed by atoms with Crippen LogP contribution in [0.4, 0.5) is 0 Å². The maximum atomic E-state index is 9.14. The zero-order valence-electron chi connectivity index (χ0n) is 11.4. The Kier molecular flexibility index (Phi) is 7.38. The van der Waals surface area contributed by atoms with Gasteiger partial charge in [-0.3, -0.25) is 4.99 Å². The van der Waals surface area contributed by atoms with Crippen LogP contribution in [-0.2, 0) is 4.74 Å². The van der Waals surface area contributed by atoms with Gasteiger partial charge < -0.3 is 20.9 Å². The van der Waals surface area contributed by atoms with Gasteiger partial charge >= 0.3 is 0 Å². The van der Waals surface area contributed by atoms with Crippen LogP contribution in [0.15, 0.2) is 4.99 Å². The largest absolute Gasteiger partial charge is 0.396 e. The van der Waals surface area contributed by atoms with Crippen molar-refractivity contribution in [2.75, 3.05) is 26.4 Å². The number of aliphatic hydroxyl groups is 1. The SMILES string of the molecule is I.NC(=NCC1(CCO)CCOC1)NC1CCCC1. The minimum atomic E-state index is -0.00325. The summed E-state index contributed by atoms with van der Waals surface area (Å²) in [6.07, 6.45) is 6.67. The second-order valence-electron chi connectivity index (χ2n) is 5.60. The van der Waals surface area contributed by atoms with Crippen LogP contribution >= 0.6 is 24.0 Å². The highest BCUT2D eigenvalue weighted by atomic mass is 127. The summed E-state index contributed by atoms with van der Waals surface area (Å²) in [5.74, 6) is 0.547. The average molecular weight is 383 g/mol. The topological polar surface area (TPSA) is 79.9 Å². The third-order valence-electron chi connectivity index (χ3n) is 4.12. The molecule has 0 aromatic rings. The summed E-state index contributed by atoms with van der Waals surface area (Å²) in [6.45, 7) is 2.30. The lowest BCUT2D eigenvalue weighted by Crippen LogP contribution is -2.39. The highest BCUT2D eigenvalue weighted by molar-refractivity contribution is 14.0. The molecule has 5 nitrogen and oxygen atoms in total. The van der Waals surface area contributed by atoms with Crippen molar-refractivity contribution in [2.45, 2.75) is 44.6 Å². The predicted octanol–water partition coefficient (Wildman–Crippen LogP) is 1.24. The van der Waals surface area contributed by atoms with Crippen molar-refractivity contribution in [1.82, 2.24) is 5.32 Å². The number of halogens is 1. The van der Waals surface area contributed by atoms with Gasteiger partial charge in [-0.1, -0.05) is 12.8 Å². The molecule has 1 heterocycles. The Hall–Kier alpha value is -0.0800. The van der Waals surface area contributed by atoms with E-state index in [-0.39, 0.29) is 36.0 Å². The van der Waals surface area contributed by atoms with E-state index in [0.717, 1.165) is 19.4 Å². The molecule has 112 valence electrons. The van der Waals surface area contributed by atoms with Crippen LogP contribution in [0.1, 0.15) is 38.5 Å². The summed E-state index contributed by atoms with van der Waals surface area (Å²) < 4.78 is 5.44. The number of guanidine groups is 1. The summed E-state index contributed by atoms with van der Waals surface area (Å²) >= 11 is 0. The minimum absolute atomic E-state index is 0. The fraction of sp³-hybridized carbons (Fsp3) is 0.923. The van der Waals surface area contributed by atoms with Gasteiger partial charge in [-0.25, -0.2) is 0 Å². The van der Waals surface area contributed by atoms with Crippen LogP contribution in [0.5, 0.6) is 0 Å². The smallest absolute Gasteiger partial charge is 0.188 e. The number of rotatable bonds is 5. The first-order valence-electron chi connectivity index (χ1n) is 6.99. The third kappa shape index (κ3) is 5.07. The monoisotopic (exact) mass is 383 g/mol. The average Bonchev–Trinajstić information content (AvgIpc) is 2.99. The number of hydrogen-bond acceptors (Lipinski definition) is 3. The molecular weight excluding hydrogens is 357 g/mol. The lowest BCUT2D eigenvalue weighted by atomic mass is 9.84. The molecule has 2 aliphatic rings. The molecule has 0 bridgehead atoms. The van der Waals surface area contributed by atoms with E-state index in [4.69, 9.17) is 15.6 Å². The highest BCUT2D eigenvalue weighted by Crippen LogP contribution is 2.32. The Balaban J connectivity index is 0.00000180. The molecule has 0 radical (unpaired) electrons. The molecule has 1 atom stereocenters. The van der Waals surface area contributed by atoms with Crippen LogP contribution in [0.3, 0.4) is 0 Å². The van der Waals surface area contributed by atoms with E-state index < -0.39 is 0 Å². The van der Waals surface area contributed by atoms with Gasteiger partial charge in [-0.15, -0.1) is 24.0 Å². The van der Waals surface area contributed by atoms with Crippen LogP contribution in [-0.4, -0.2) is 43.5 Å². The van der Waals surface area contributed by atoms with E-state index in [1.807, 2.05) is 0 Å². The molecule has 4 N–H and O–H groups in total. The first kappa shape index (κ1) is 17.0. The minimum Gasteiger partial charge on any atom is -0.396 e. The third-order valence-corrected chi connectivity index (χ3v) is 4.12. The van der Waals surface area contributed by atoms with E-state index in [1.165, 1.54) is 25.7 Å². The van der Waals surface area contributed by atoms with E-state index in [1.54, 1.807) is 0 Å². The highest BCUT2D eigenvalue weighted by Gasteiger charge is 2.34. The van der Waals surface area contributed by atoms with Crippen molar-refractivity contribution in [3.8, 4) is 0 Å². The van der Waals surface area contributed by atoms with Gasteiger partial charge in [0.25, 0.3) is 0 Å². The van der Waals surface area contributed by atoms with Crippen molar-refractivity contribution in [3.63, 3.8) is 0 Å². The fourth-order valence-corrected chi connectivity index (χ4v) is 2.87. The maximum Gasteiger partial charge on any atom is 0.188 e.